The summed E-state index contributed by atoms with van der Waals surface area (Å²) in [5.41, 5.74) is 9.96. The van der Waals surface area contributed by atoms with Crippen molar-refractivity contribution in [3.63, 3.8) is 0 Å². The van der Waals surface area contributed by atoms with E-state index in [1.807, 2.05) is 12.1 Å². The minimum atomic E-state index is 0.916. The number of hydrogen-bond acceptors (Lipinski definition) is 2. The van der Waals surface area contributed by atoms with Gasteiger partial charge < -0.3 is 9.32 Å². The first-order valence-electron chi connectivity index (χ1n) is 15.7. The molecule has 2 nitrogen and oxygen atoms in total. The van der Waals surface area contributed by atoms with Crippen molar-refractivity contribution in [2.45, 2.75) is 0 Å². The minimum absolute atomic E-state index is 0.916. The standard InChI is InChI=1S/C44H29NO/c1-2-8-30(9-3-1)32-16-21-38(22-17-32)45(39-23-18-33(19-24-39)35-15-14-31-10-4-5-11-34(31)26-35)40-25-20-36-29-44-42(28-37(36)27-40)41-12-6-7-13-43(41)46-44/h1-29H. The fourth-order valence-electron chi connectivity index (χ4n) is 6.65. The summed E-state index contributed by atoms with van der Waals surface area (Å²) in [5.74, 6) is 0. The van der Waals surface area contributed by atoms with Crippen LogP contribution in [0.5, 0.6) is 0 Å². The molecule has 0 N–H and O–H groups in total. The number of hydrogen-bond donors (Lipinski definition) is 0. The summed E-state index contributed by atoms with van der Waals surface area (Å²) in [6.45, 7) is 0. The van der Waals surface area contributed by atoms with E-state index in [0.717, 1.165) is 44.4 Å². The summed E-state index contributed by atoms with van der Waals surface area (Å²) in [6, 6.07) is 62.9. The summed E-state index contributed by atoms with van der Waals surface area (Å²) < 4.78 is 6.19. The Hall–Kier alpha value is -6.12. The quantitative estimate of drug-likeness (QED) is 0.199. The van der Waals surface area contributed by atoms with Gasteiger partial charge in [-0.15, -0.1) is 0 Å². The molecule has 0 atom stereocenters. The molecule has 9 aromatic rings. The van der Waals surface area contributed by atoms with Crippen LogP contribution in [0.15, 0.2) is 180 Å². The maximum Gasteiger partial charge on any atom is 0.136 e. The maximum absolute atomic E-state index is 6.19. The van der Waals surface area contributed by atoms with E-state index in [1.54, 1.807) is 0 Å². The number of furan rings is 1. The first-order chi connectivity index (χ1) is 22.8. The van der Waals surface area contributed by atoms with Gasteiger partial charge in [0.25, 0.3) is 0 Å². The van der Waals surface area contributed by atoms with Gasteiger partial charge in [0.15, 0.2) is 0 Å². The summed E-state index contributed by atoms with van der Waals surface area (Å²) >= 11 is 0. The van der Waals surface area contributed by atoms with Gasteiger partial charge in [-0.2, -0.15) is 0 Å². The van der Waals surface area contributed by atoms with Crippen molar-refractivity contribution < 1.29 is 4.42 Å². The minimum Gasteiger partial charge on any atom is -0.456 e. The van der Waals surface area contributed by atoms with Gasteiger partial charge in [-0.25, -0.2) is 0 Å². The van der Waals surface area contributed by atoms with E-state index in [4.69, 9.17) is 4.42 Å². The monoisotopic (exact) mass is 587 g/mol. The van der Waals surface area contributed by atoms with Crippen LogP contribution in [-0.4, -0.2) is 0 Å². The molecule has 2 heteroatoms. The molecule has 0 aliphatic carbocycles. The van der Waals surface area contributed by atoms with Crippen LogP contribution in [0.4, 0.5) is 17.1 Å². The van der Waals surface area contributed by atoms with Gasteiger partial charge in [0.2, 0.25) is 0 Å². The normalized spacial score (nSPS) is 11.5. The topological polar surface area (TPSA) is 16.4 Å². The van der Waals surface area contributed by atoms with Gasteiger partial charge in [-0.05, 0) is 104 Å². The van der Waals surface area contributed by atoms with Crippen LogP contribution in [0, 0.1) is 0 Å². The van der Waals surface area contributed by atoms with E-state index in [2.05, 4.69) is 169 Å². The molecular formula is C44H29NO. The van der Waals surface area contributed by atoms with Crippen molar-refractivity contribution >= 4 is 60.5 Å². The van der Waals surface area contributed by atoms with Crippen LogP contribution in [0.2, 0.25) is 0 Å². The van der Waals surface area contributed by atoms with Gasteiger partial charge >= 0.3 is 0 Å². The Bertz CT molecular complexity index is 2510. The van der Waals surface area contributed by atoms with Gasteiger partial charge in [-0.3, -0.25) is 0 Å². The molecule has 0 saturated carbocycles. The number of para-hydroxylation sites is 1. The largest absolute Gasteiger partial charge is 0.456 e. The maximum atomic E-state index is 6.19. The Morgan fingerprint density at radius 3 is 1.65 bits per heavy atom. The molecule has 0 aliphatic rings. The lowest BCUT2D eigenvalue weighted by atomic mass is 10.0. The third-order valence-corrected chi connectivity index (χ3v) is 9.02. The Morgan fingerprint density at radius 1 is 0.304 bits per heavy atom. The van der Waals surface area contributed by atoms with E-state index >= 15 is 0 Å². The van der Waals surface area contributed by atoms with Crippen LogP contribution in [-0.2, 0) is 0 Å². The van der Waals surface area contributed by atoms with Crippen LogP contribution in [0.1, 0.15) is 0 Å². The molecule has 0 spiro atoms. The lowest BCUT2D eigenvalue weighted by Gasteiger charge is -2.26. The zero-order valence-corrected chi connectivity index (χ0v) is 25.1. The highest BCUT2D eigenvalue weighted by molar-refractivity contribution is 6.10. The molecule has 0 aliphatic heterocycles. The molecule has 0 radical (unpaired) electrons. The molecule has 216 valence electrons. The van der Waals surface area contributed by atoms with Crippen LogP contribution >= 0.6 is 0 Å². The van der Waals surface area contributed by atoms with E-state index in [0.29, 0.717) is 0 Å². The third-order valence-electron chi connectivity index (χ3n) is 9.02. The Morgan fingerprint density at radius 2 is 0.870 bits per heavy atom. The molecule has 1 heterocycles. The molecule has 46 heavy (non-hydrogen) atoms. The van der Waals surface area contributed by atoms with Crippen molar-refractivity contribution in [3.8, 4) is 22.3 Å². The van der Waals surface area contributed by atoms with Crippen molar-refractivity contribution in [1.82, 2.24) is 0 Å². The Labute approximate surface area is 267 Å². The van der Waals surface area contributed by atoms with E-state index in [1.165, 1.54) is 38.4 Å². The summed E-state index contributed by atoms with van der Waals surface area (Å²) in [5, 5.41) is 7.11. The average molecular weight is 588 g/mol. The van der Waals surface area contributed by atoms with Gasteiger partial charge in [0.05, 0.1) is 0 Å². The number of nitrogens with zero attached hydrogens (tertiary/aromatic N) is 1. The second-order valence-electron chi connectivity index (χ2n) is 11.8. The van der Waals surface area contributed by atoms with E-state index in [9.17, 15) is 0 Å². The lowest BCUT2D eigenvalue weighted by Crippen LogP contribution is -2.09. The highest BCUT2D eigenvalue weighted by Crippen LogP contribution is 2.40. The first-order valence-corrected chi connectivity index (χ1v) is 15.7. The van der Waals surface area contributed by atoms with Crippen molar-refractivity contribution in [3.05, 3.63) is 176 Å². The number of rotatable bonds is 5. The zero-order valence-electron chi connectivity index (χ0n) is 25.1. The number of benzene rings is 8. The second kappa shape index (κ2) is 10.8. The fraction of sp³-hybridized carbons (Fsp3) is 0. The third kappa shape index (κ3) is 4.60. The van der Waals surface area contributed by atoms with Crippen molar-refractivity contribution in [1.29, 1.82) is 0 Å². The van der Waals surface area contributed by atoms with Crippen molar-refractivity contribution in [2.75, 3.05) is 4.90 Å². The van der Waals surface area contributed by atoms with Crippen LogP contribution in [0.25, 0.3) is 65.7 Å². The zero-order chi connectivity index (χ0) is 30.5. The predicted octanol–water partition coefficient (Wildman–Crippen LogP) is 12.7. The van der Waals surface area contributed by atoms with Gasteiger partial charge in [0.1, 0.15) is 11.2 Å². The second-order valence-corrected chi connectivity index (χ2v) is 11.8. The van der Waals surface area contributed by atoms with E-state index in [-0.39, 0.29) is 0 Å². The molecule has 8 aromatic carbocycles. The molecular weight excluding hydrogens is 558 g/mol. The lowest BCUT2D eigenvalue weighted by molar-refractivity contribution is 0.669. The average Bonchev–Trinajstić information content (AvgIpc) is 3.49. The van der Waals surface area contributed by atoms with Gasteiger partial charge in [0, 0.05) is 27.8 Å². The molecule has 0 bridgehead atoms. The molecule has 1 aromatic heterocycles. The smallest absolute Gasteiger partial charge is 0.136 e. The van der Waals surface area contributed by atoms with E-state index < -0.39 is 0 Å². The molecule has 0 saturated heterocycles. The highest BCUT2D eigenvalue weighted by atomic mass is 16.3. The summed E-state index contributed by atoms with van der Waals surface area (Å²) in [6.07, 6.45) is 0. The summed E-state index contributed by atoms with van der Waals surface area (Å²) in [4.78, 5) is 2.34. The van der Waals surface area contributed by atoms with Crippen molar-refractivity contribution in [2.24, 2.45) is 0 Å². The number of anilines is 3. The highest BCUT2D eigenvalue weighted by Gasteiger charge is 2.15. The molecule has 0 unspecified atom stereocenters. The fourth-order valence-corrected chi connectivity index (χ4v) is 6.65. The number of fused-ring (bicyclic) bond motifs is 5. The molecule has 0 fully saturated rings. The van der Waals surface area contributed by atoms with Crippen LogP contribution in [0.3, 0.4) is 0 Å². The summed E-state index contributed by atoms with van der Waals surface area (Å²) in [7, 11) is 0. The van der Waals surface area contributed by atoms with Crippen LogP contribution < -0.4 is 4.90 Å². The SMILES string of the molecule is c1ccc(-c2ccc(N(c3ccc(-c4ccc5ccccc5c4)cc3)c3ccc4cc5oc6ccccc6c5cc4c3)cc2)cc1. The first kappa shape index (κ1) is 26.3. The Kier molecular flexibility index (Phi) is 6.17. The predicted molar refractivity (Wildman–Crippen MR) is 194 cm³/mol. The Balaban J connectivity index is 1.16. The molecule has 0 amide bonds. The molecule has 9 rings (SSSR count). The van der Waals surface area contributed by atoms with Gasteiger partial charge in [-0.1, -0.05) is 115 Å².